The zero-order valence-electron chi connectivity index (χ0n) is 11.2. The number of amides is 1. The Bertz CT molecular complexity index is 801. The van der Waals surface area contributed by atoms with Crippen molar-refractivity contribution in [3.63, 3.8) is 0 Å². The van der Waals surface area contributed by atoms with E-state index in [1.165, 1.54) is 12.3 Å². The van der Waals surface area contributed by atoms with E-state index in [0.717, 1.165) is 12.1 Å². The SMILES string of the molecule is O=C(Nc1ccc(-n2cccn2)nc1)c1ccc(F)c(F)c1. The quantitative estimate of drug-likeness (QED) is 0.809. The van der Waals surface area contributed by atoms with Gasteiger partial charge in [-0.05, 0) is 36.4 Å². The number of anilines is 1. The smallest absolute Gasteiger partial charge is 0.255 e. The molecule has 3 aromatic rings. The van der Waals surface area contributed by atoms with Crippen molar-refractivity contribution < 1.29 is 13.6 Å². The van der Waals surface area contributed by atoms with Gasteiger partial charge in [0.05, 0.1) is 11.9 Å². The van der Waals surface area contributed by atoms with E-state index in [0.29, 0.717) is 11.5 Å². The number of carbonyl (C=O) groups is 1. The normalized spacial score (nSPS) is 10.5. The van der Waals surface area contributed by atoms with Crippen molar-refractivity contribution in [1.29, 1.82) is 0 Å². The van der Waals surface area contributed by atoms with Crippen LogP contribution < -0.4 is 5.32 Å². The summed E-state index contributed by atoms with van der Waals surface area (Å²) < 4.78 is 27.5. The first-order valence-electron chi connectivity index (χ1n) is 6.36. The second kappa shape index (κ2) is 5.72. The van der Waals surface area contributed by atoms with Crippen molar-refractivity contribution in [3.05, 3.63) is 72.2 Å². The number of halogens is 2. The van der Waals surface area contributed by atoms with Gasteiger partial charge in [0, 0.05) is 18.0 Å². The van der Waals surface area contributed by atoms with Crippen LogP contribution in [0.5, 0.6) is 0 Å². The minimum Gasteiger partial charge on any atom is -0.321 e. The van der Waals surface area contributed by atoms with Crippen LogP contribution in [0.3, 0.4) is 0 Å². The fraction of sp³-hybridized carbons (Fsp3) is 0. The van der Waals surface area contributed by atoms with Crippen LogP contribution in [-0.4, -0.2) is 20.7 Å². The third-order valence-corrected chi connectivity index (χ3v) is 2.93. The standard InChI is InChI=1S/C15H10F2N4O/c16-12-4-2-10(8-13(12)17)15(22)20-11-3-5-14(18-9-11)21-7-1-6-19-21/h1-9H,(H,20,22). The van der Waals surface area contributed by atoms with Gasteiger partial charge in [-0.1, -0.05) is 0 Å². The average molecular weight is 300 g/mol. The first-order chi connectivity index (χ1) is 10.6. The maximum Gasteiger partial charge on any atom is 0.255 e. The number of pyridine rings is 1. The zero-order valence-corrected chi connectivity index (χ0v) is 11.2. The van der Waals surface area contributed by atoms with Gasteiger partial charge >= 0.3 is 0 Å². The molecule has 0 atom stereocenters. The summed E-state index contributed by atoms with van der Waals surface area (Å²) in [6.07, 6.45) is 4.82. The van der Waals surface area contributed by atoms with Crippen molar-refractivity contribution >= 4 is 11.6 Å². The lowest BCUT2D eigenvalue weighted by Gasteiger charge is -2.06. The summed E-state index contributed by atoms with van der Waals surface area (Å²) in [5.74, 6) is -2.02. The van der Waals surface area contributed by atoms with E-state index in [-0.39, 0.29) is 5.56 Å². The second-order valence-electron chi connectivity index (χ2n) is 4.44. The van der Waals surface area contributed by atoms with Crippen LogP contribution >= 0.6 is 0 Å². The van der Waals surface area contributed by atoms with Crippen molar-refractivity contribution in [2.75, 3.05) is 5.32 Å². The molecule has 0 aliphatic heterocycles. The first kappa shape index (κ1) is 13.9. The molecule has 0 aliphatic rings. The van der Waals surface area contributed by atoms with E-state index in [1.54, 1.807) is 35.3 Å². The zero-order chi connectivity index (χ0) is 15.5. The minimum atomic E-state index is -1.07. The van der Waals surface area contributed by atoms with Crippen LogP contribution in [0.1, 0.15) is 10.4 Å². The van der Waals surface area contributed by atoms with E-state index < -0.39 is 17.5 Å². The van der Waals surface area contributed by atoms with E-state index >= 15 is 0 Å². The van der Waals surface area contributed by atoms with Gasteiger partial charge in [0.2, 0.25) is 0 Å². The van der Waals surface area contributed by atoms with Crippen LogP contribution in [0.4, 0.5) is 14.5 Å². The third kappa shape index (κ3) is 2.83. The predicted octanol–water partition coefficient (Wildman–Crippen LogP) is 2.80. The Morgan fingerprint density at radius 2 is 2.00 bits per heavy atom. The molecule has 7 heteroatoms. The van der Waals surface area contributed by atoms with Crippen LogP contribution in [-0.2, 0) is 0 Å². The fourth-order valence-corrected chi connectivity index (χ4v) is 1.84. The molecule has 0 unspecified atom stereocenters. The van der Waals surface area contributed by atoms with E-state index in [4.69, 9.17) is 0 Å². The Balaban J connectivity index is 1.75. The number of nitrogens with zero attached hydrogens (tertiary/aromatic N) is 3. The number of carbonyl (C=O) groups excluding carboxylic acids is 1. The molecule has 110 valence electrons. The van der Waals surface area contributed by atoms with Gasteiger partial charge in [-0.25, -0.2) is 18.4 Å². The highest BCUT2D eigenvalue weighted by molar-refractivity contribution is 6.04. The summed E-state index contributed by atoms with van der Waals surface area (Å²) in [4.78, 5) is 16.1. The van der Waals surface area contributed by atoms with Crippen molar-refractivity contribution in [2.45, 2.75) is 0 Å². The minimum absolute atomic E-state index is 0.0232. The van der Waals surface area contributed by atoms with Gasteiger partial charge in [0.25, 0.3) is 5.91 Å². The third-order valence-electron chi connectivity index (χ3n) is 2.93. The van der Waals surface area contributed by atoms with Crippen LogP contribution in [0.25, 0.3) is 5.82 Å². The lowest BCUT2D eigenvalue weighted by atomic mass is 10.2. The number of benzene rings is 1. The van der Waals surface area contributed by atoms with Gasteiger partial charge in [-0.2, -0.15) is 5.10 Å². The second-order valence-corrected chi connectivity index (χ2v) is 4.44. The number of hydrogen-bond donors (Lipinski definition) is 1. The summed E-state index contributed by atoms with van der Waals surface area (Å²) in [6.45, 7) is 0. The Hall–Kier alpha value is -3.09. The molecule has 0 bridgehead atoms. The lowest BCUT2D eigenvalue weighted by molar-refractivity contribution is 0.102. The molecule has 0 fully saturated rings. The highest BCUT2D eigenvalue weighted by Crippen LogP contribution is 2.13. The highest BCUT2D eigenvalue weighted by Gasteiger charge is 2.10. The van der Waals surface area contributed by atoms with E-state index in [1.807, 2.05) is 0 Å². The fourth-order valence-electron chi connectivity index (χ4n) is 1.84. The molecule has 2 heterocycles. The molecule has 22 heavy (non-hydrogen) atoms. The lowest BCUT2D eigenvalue weighted by Crippen LogP contribution is -2.12. The molecular formula is C15H10F2N4O. The maximum absolute atomic E-state index is 13.1. The molecule has 0 saturated heterocycles. The molecule has 1 N–H and O–H groups in total. The summed E-state index contributed by atoms with van der Waals surface area (Å²) >= 11 is 0. The summed E-state index contributed by atoms with van der Waals surface area (Å²) in [7, 11) is 0. The van der Waals surface area contributed by atoms with Gasteiger partial charge in [-0.3, -0.25) is 4.79 Å². The Morgan fingerprint density at radius 3 is 2.64 bits per heavy atom. The molecule has 2 aromatic heterocycles. The summed E-state index contributed by atoms with van der Waals surface area (Å²) in [5, 5.41) is 6.59. The molecule has 5 nitrogen and oxygen atoms in total. The highest BCUT2D eigenvalue weighted by atomic mass is 19.2. The molecule has 0 spiro atoms. The summed E-state index contributed by atoms with van der Waals surface area (Å²) in [5.41, 5.74) is 0.459. The molecule has 3 rings (SSSR count). The molecular weight excluding hydrogens is 290 g/mol. The Labute approximate surface area is 124 Å². The van der Waals surface area contributed by atoms with Gasteiger partial charge in [0.1, 0.15) is 0 Å². The van der Waals surface area contributed by atoms with Crippen LogP contribution in [0.15, 0.2) is 55.0 Å². The maximum atomic E-state index is 13.1. The van der Waals surface area contributed by atoms with Crippen LogP contribution in [0, 0.1) is 11.6 Å². The number of hydrogen-bond acceptors (Lipinski definition) is 3. The molecule has 1 aromatic carbocycles. The summed E-state index contributed by atoms with van der Waals surface area (Å²) in [6, 6.07) is 8.04. The van der Waals surface area contributed by atoms with Gasteiger partial charge in [-0.15, -0.1) is 0 Å². The molecule has 0 saturated carbocycles. The molecule has 1 amide bonds. The molecule has 0 aliphatic carbocycles. The Morgan fingerprint density at radius 1 is 1.14 bits per heavy atom. The van der Waals surface area contributed by atoms with Gasteiger partial charge < -0.3 is 5.32 Å². The first-order valence-corrected chi connectivity index (χ1v) is 6.36. The predicted molar refractivity (Wildman–Crippen MR) is 75.7 cm³/mol. The largest absolute Gasteiger partial charge is 0.321 e. The van der Waals surface area contributed by atoms with E-state index in [2.05, 4.69) is 15.4 Å². The van der Waals surface area contributed by atoms with Crippen molar-refractivity contribution in [3.8, 4) is 5.82 Å². The average Bonchev–Trinajstić information content (AvgIpc) is 3.05. The number of nitrogens with one attached hydrogen (secondary N) is 1. The monoisotopic (exact) mass is 300 g/mol. The van der Waals surface area contributed by atoms with Crippen LogP contribution in [0.2, 0.25) is 0 Å². The topological polar surface area (TPSA) is 59.8 Å². The Kier molecular flexibility index (Phi) is 3.61. The number of aromatic nitrogens is 3. The molecule has 0 radical (unpaired) electrons. The van der Waals surface area contributed by atoms with E-state index in [9.17, 15) is 13.6 Å². The van der Waals surface area contributed by atoms with Crippen molar-refractivity contribution in [1.82, 2.24) is 14.8 Å². The number of rotatable bonds is 3. The van der Waals surface area contributed by atoms with Crippen molar-refractivity contribution in [2.24, 2.45) is 0 Å². The van der Waals surface area contributed by atoms with Gasteiger partial charge in [0.15, 0.2) is 17.5 Å².